The van der Waals surface area contributed by atoms with Crippen molar-refractivity contribution in [3.05, 3.63) is 22.4 Å². The number of carboxylic acids is 1. The molecule has 1 aromatic rings. The molecule has 1 heterocycles. The van der Waals surface area contributed by atoms with Gasteiger partial charge in [-0.15, -0.1) is 11.3 Å². The van der Waals surface area contributed by atoms with E-state index >= 15 is 0 Å². The maximum absolute atomic E-state index is 11.0. The van der Waals surface area contributed by atoms with E-state index in [1.54, 1.807) is 11.3 Å². The maximum atomic E-state index is 11.0. The van der Waals surface area contributed by atoms with Gasteiger partial charge < -0.3 is 15.3 Å². The zero-order valence-electron chi connectivity index (χ0n) is 18.4. The van der Waals surface area contributed by atoms with E-state index in [-0.39, 0.29) is 35.7 Å². The van der Waals surface area contributed by atoms with Gasteiger partial charge in [0.1, 0.15) is 0 Å². The van der Waals surface area contributed by atoms with E-state index in [9.17, 15) is 20.3 Å². The zero-order valence-corrected chi connectivity index (χ0v) is 19.2. The number of aliphatic hydroxyl groups is 2. The molecule has 5 unspecified atom stereocenters. The van der Waals surface area contributed by atoms with Gasteiger partial charge in [0.25, 0.3) is 0 Å². The lowest BCUT2D eigenvalue weighted by Crippen LogP contribution is -2.45. The van der Waals surface area contributed by atoms with E-state index in [4.69, 9.17) is 5.11 Å². The Morgan fingerprint density at radius 3 is 2.55 bits per heavy atom. The number of carboxylic acid groups (broad SMARTS) is 1. The predicted molar refractivity (Wildman–Crippen MR) is 122 cm³/mol. The van der Waals surface area contributed by atoms with E-state index < -0.39 is 12.1 Å². The molecule has 172 valence electrons. The Morgan fingerprint density at radius 2 is 1.94 bits per heavy atom. The molecule has 2 saturated carbocycles. The van der Waals surface area contributed by atoms with Crippen LogP contribution >= 0.6 is 11.3 Å². The number of carbonyl (C=O) groups is 1. The third-order valence-electron chi connectivity index (χ3n) is 7.81. The summed E-state index contributed by atoms with van der Waals surface area (Å²) in [6, 6.07) is 6.63. The molecule has 0 aromatic carbocycles. The lowest BCUT2D eigenvalue weighted by molar-refractivity contribution is -0.137. The molecule has 0 radical (unpaired) electrons. The summed E-state index contributed by atoms with van der Waals surface area (Å²) in [7, 11) is 0. The number of thiophene rings is 1. The van der Waals surface area contributed by atoms with Crippen molar-refractivity contribution in [1.82, 2.24) is 0 Å². The summed E-state index contributed by atoms with van der Waals surface area (Å²) >= 11 is 1.74. The fourth-order valence-electron chi connectivity index (χ4n) is 5.86. The first kappa shape index (κ1) is 24.2. The van der Waals surface area contributed by atoms with Crippen molar-refractivity contribution < 1.29 is 20.1 Å². The molecule has 1 aromatic heterocycles. The smallest absolute Gasteiger partial charge is 0.303 e. The number of hydrogen-bond acceptors (Lipinski definition) is 5. The highest BCUT2D eigenvalue weighted by Crippen LogP contribution is 2.50. The number of aliphatic hydroxyl groups excluding tert-OH is 2. The SMILES string of the molecule is N#CC1CC(O)C(CCCC(O)C2(c3cccs3)CCC2)C1CCCCCCC(=O)O. The average molecular weight is 448 g/mol. The van der Waals surface area contributed by atoms with Gasteiger partial charge in [-0.2, -0.15) is 5.26 Å². The molecule has 6 heteroatoms. The van der Waals surface area contributed by atoms with Crippen LogP contribution in [-0.2, 0) is 10.2 Å². The van der Waals surface area contributed by atoms with Crippen LogP contribution in [0.2, 0.25) is 0 Å². The van der Waals surface area contributed by atoms with Crippen LogP contribution < -0.4 is 0 Å². The molecule has 5 nitrogen and oxygen atoms in total. The first-order valence-electron chi connectivity index (χ1n) is 12.0. The highest BCUT2D eigenvalue weighted by molar-refractivity contribution is 7.10. The molecule has 2 aliphatic rings. The molecule has 0 bridgehead atoms. The number of hydrogen-bond donors (Lipinski definition) is 3. The predicted octanol–water partition coefficient (Wildman–Crippen LogP) is 5.26. The average Bonchev–Trinajstić information content (AvgIpc) is 3.33. The Labute approximate surface area is 190 Å². The lowest BCUT2D eigenvalue weighted by Gasteiger charge is -2.45. The number of nitrogens with zero attached hydrogens (tertiary/aromatic N) is 1. The monoisotopic (exact) mass is 447 g/mol. The van der Waals surface area contributed by atoms with Gasteiger partial charge in [-0.05, 0) is 68.2 Å². The van der Waals surface area contributed by atoms with E-state index in [1.165, 1.54) is 11.3 Å². The summed E-state index contributed by atoms with van der Waals surface area (Å²) in [6.45, 7) is 0. The van der Waals surface area contributed by atoms with Crippen LogP contribution in [0.25, 0.3) is 0 Å². The Hall–Kier alpha value is -1.42. The van der Waals surface area contributed by atoms with E-state index in [0.717, 1.165) is 57.8 Å². The van der Waals surface area contributed by atoms with Crippen molar-refractivity contribution in [2.75, 3.05) is 0 Å². The number of unbranched alkanes of at least 4 members (excludes halogenated alkanes) is 3. The Kier molecular flexibility index (Phi) is 8.95. The second kappa shape index (κ2) is 11.4. The Bertz CT molecular complexity index is 724. The van der Waals surface area contributed by atoms with Crippen LogP contribution in [0.3, 0.4) is 0 Å². The molecular weight excluding hydrogens is 410 g/mol. The maximum Gasteiger partial charge on any atom is 0.303 e. The Morgan fingerprint density at radius 1 is 1.19 bits per heavy atom. The normalized spacial score (nSPS) is 28.0. The summed E-state index contributed by atoms with van der Waals surface area (Å²) in [4.78, 5) is 11.9. The van der Waals surface area contributed by atoms with Crippen LogP contribution in [0.4, 0.5) is 0 Å². The van der Waals surface area contributed by atoms with E-state index in [2.05, 4.69) is 23.6 Å². The summed E-state index contributed by atoms with van der Waals surface area (Å²) in [5.41, 5.74) is -0.0625. The van der Waals surface area contributed by atoms with Crippen LogP contribution in [0.1, 0.15) is 88.3 Å². The molecular formula is C25H37NO4S. The molecule has 2 fully saturated rings. The number of aliphatic carboxylic acids is 1. The summed E-state index contributed by atoms with van der Waals surface area (Å²) < 4.78 is 0. The minimum atomic E-state index is -0.742. The molecule has 3 rings (SSSR count). The van der Waals surface area contributed by atoms with Gasteiger partial charge in [-0.25, -0.2) is 0 Å². The Balaban J connectivity index is 1.47. The fraction of sp³-hybridized carbons (Fsp3) is 0.760. The molecule has 0 spiro atoms. The van der Waals surface area contributed by atoms with Crippen molar-refractivity contribution in [2.45, 2.75) is 101 Å². The second-order valence-electron chi connectivity index (χ2n) is 9.65. The third kappa shape index (κ3) is 5.88. The second-order valence-corrected chi connectivity index (χ2v) is 10.6. The van der Waals surface area contributed by atoms with Gasteiger partial charge in [-0.3, -0.25) is 4.79 Å². The fourth-order valence-corrected chi connectivity index (χ4v) is 6.90. The van der Waals surface area contributed by atoms with Crippen molar-refractivity contribution in [3.63, 3.8) is 0 Å². The standard InChI is InChI=1S/C25H37NO4S/c26-17-18-16-21(27)20(19(18)8-3-1-2-4-12-24(29)30)9-5-10-22(28)25(13-7-14-25)23-11-6-15-31-23/h6,11,15,18-22,27-28H,1-5,7-10,12-14,16H2,(H,29,30). The number of rotatable bonds is 13. The van der Waals surface area contributed by atoms with E-state index in [0.29, 0.717) is 12.8 Å². The van der Waals surface area contributed by atoms with Gasteiger partial charge in [0.2, 0.25) is 0 Å². The topological polar surface area (TPSA) is 102 Å². The van der Waals surface area contributed by atoms with Crippen LogP contribution in [-0.4, -0.2) is 33.5 Å². The summed E-state index contributed by atoms with van der Waals surface area (Å²) in [5, 5.41) is 42.0. The van der Waals surface area contributed by atoms with Gasteiger partial charge in [-0.1, -0.05) is 38.2 Å². The summed E-state index contributed by atoms with van der Waals surface area (Å²) in [6.07, 6.45) is 10.3. The third-order valence-corrected chi connectivity index (χ3v) is 8.90. The highest BCUT2D eigenvalue weighted by Gasteiger charge is 2.46. The number of nitriles is 1. The van der Waals surface area contributed by atoms with Gasteiger partial charge in [0, 0.05) is 16.7 Å². The quantitative estimate of drug-likeness (QED) is 0.358. The molecule has 31 heavy (non-hydrogen) atoms. The highest BCUT2D eigenvalue weighted by atomic mass is 32.1. The van der Waals surface area contributed by atoms with Gasteiger partial charge >= 0.3 is 5.97 Å². The van der Waals surface area contributed by atoms with Crippen LogP contribution in [0.15, 0.2) is 17.5 Å². The van der Waals surface area contributed by atoms with Gasteiger partial charge in [0.15, 0.2) is 0 Å². The molecule has 0 amide bonds. The molecule has 0 aliphatic heterocycles. The van der Waals surface area contributed by atoms with Gasteiger partial charge in [0.05, 0.1) is 24.2 Å². The molecule has 0 saturated heterocycles. The first-order chi connectivity index (χ1) is 15.0. The van der Waals surface area contributed by atoms with Crippen LogP contribution in [0, 0.1) is 29.1 Å². The molecule has 5 atom stereocenters. The lowest BCUT2D eigenvalue weighted by atomic mass is 9.63. The zero-order chi connectivity index (χ0) is 22.3. The van der Waals surface area contributed by atoms with Crippen molar-refractivity contribution in [1.29, 1.82) is 5.26 Å². The minimum Gasteiger partial charge on any atom is -0.481 e. The van der Waals surface area contributed by atoms with Crippen molar-refractivity contribution in [3.8, 4) is 6.07 Å². The minimum absolute atomic E-state index is 0.0625. The van der Waals surface area contributed by atoms with Crippen molar-refractivity contribution >= 4 is 17.3 Å². The summed E-state index contributed by atoms with van der Waals surface area (Å²) in [5.74, 6) is -0.483. The largest absolute Gasteiger partial charge is 0.481 e. The molecule has 2 aliphatic carbocycles. The van der Waals surface area contributed by atoms with E-state index in [1.807, 2.05) is 0 Å². The van der Waals surface area contributed by atoms with Crippen molar-refractivity contribution in [2.24, 2.45) is 17.8 Å². The molecule has 3 N–H and O–H groups in total. The first-order valence-corrected chi connectivity index (χ1v) is 12.9. The van der Waals surface area contributed by atoms with Crippen LogP contribution in [0.5, 0.6) is 0 Å².